The molecule has 5 nitrogen and oxygen atoms in total. The molecule has 0 unspecified atom stereocenters. The molecule has 4 rings (SSSR count). The number of fused-ring (bicyclic) bond motifs is 1. The molecule has 28 heavy (non-hydrogen) atoms. The van der Waals surface area contributed by atoms with E-state index in [1.807, 2.05) is 24.3 Å². The molecule has 5 heteroatoms. The van der Waals surface area contributed by atoms with Gasteiger partial charge in [-0.1, -0.05) is 12.1 Å². The number of ketones is 1. The van der Waals surface area contributed by atoms with E-state index in [2.05, 4.69) is 21.3 Å². The summed E-state index contributed by atoms with van der Waals surface area (Å²) in [6.07, 6.45) is 9.10. The van der Waals surface area contributed by atoms with E-state index in [-0.39, 0.29) is 24.5 Å². The van der Waals surface area contributed by atoms with Gasteiger partial charge in [-0.25, -0.2) is 4.98 Å². The van der Waals surface area contributed by atoms with Gasteiger partial charge in [0.1, 0.15) is 5.82 Å². The van der Waals surface area contributed by atoms with Crippen molar-refractivity contribution in [3.63, 3.8) is 0 Å². The zero-order chi connectivity index (χ0) is 19.3. The molecule has 1 amide bonds. The number of Topliss-reactive ketones (excluding diaryl/α,β-unsaturated/α-hetero) is 1. The standard InChI is InChI=1S/C23H27N3O2/c27-21(19-8-7-17-5-1-2-6-18(17)15-19)10-12-23(28)25-20-9-11-22(24-16-20)26-13-3-4-14-26/h7-9,11,15-16H,1-6,10,12-14H2,(H,25,28). The first-order valence-corrected chi connectivity index (χ1v) is 10.3. The van der Waals surface area contributed by atoms with E-state index in [4.69, 9.17) is 0 Å². The van der Waals surface area contributed by atoms with E-state index >= 15 is 0 Å². The average Bonchev–Trinajstić information content (AvgIpc) is 3.27. The molecule has 0 saturated carbocycles. The van der Waals surface area contributed by atoms with Crippen molar-refractivity contribution in [3.8, 4) is 0 Å². The molecule has 0 atom stereocenters. The lowest BCUT2D eigenvalue weighted by Crippen LogP contribution is -2.19. The Bertz CT molecular complexity index is 855. The number of nitrogens with one attached hydrogen (secondary N) is 1. The van der Waals surface area contributed by atoms with Crippen molar-refractivity contribution in [1.29, 1.82) is 0 Å². The highest BCUT2D eigenvalue weighted by atomic mass is 16.2. The van der Waals surface area contributed by atoms with E-state index in [1.165, 1.54) is 36.8 Å². The van der Waals surface area contributed by atoms with Crippen LogP contribution in [-0.2, 0) is 17.6 Å². The summed E-state index contributed by atoms with van der Waals surface area (Å²) in [5.41, 5.74) is 4.07. The van der Waals surface area contributed by atoms with Gasteiger partial charge in [-0.2, -0.15) is 0 Å². The number of amides is 1. The molecule has 0 bridgehead atoms. The summed E-state index contributed by atoms with van der Waals surface area (Å²) in [4.78, 5) is 31.4. The number of hydrogen-bond donors (Lipinski definition) is 1. The van der Waals surface area contributed by atoms with Crippen LogP contribution in [0.25, 0.3) is 0 Å². The van der Waals surface area contributed by atoms with Gasteiger partial charge in [0, 0.05) is 31.5 Å². The van der Waals surface area contributed by atoms with Crippen molar-refractivity contribution < 1.29 is 9.59 Å². The van der Waals surface area contributed by atoms with Gasteiger partial charge in [-0.15, -0.1) is 0 Å². The minimum Gasteiger partial charge on any atom is -0.357 e. The maximum Gasteiger partial charge on any atom is 0.224 e. The Hall–Kier alpha value is -2.69. The second-order valence-corrected chi connectivity index (χ2v) is 7.76. The Morgan fingerprint density at radius 2 is 1.71 bits per heavy atom. The third-order valence-electron chi connectivity index (χ3n) is 5.71. The fraction of sp³-hybridized carbons (Fsp3) is 0.435. The van der Waals surface area contributed by atoms with Crippen molar-refractivity contribution in [1.82, 2.24) is 4.98 Å². The number of hydrogen-bond acceptors (Lipinski definition) is 4. The molecule has 146 valence electrons. The molecule has 1 aromatic heterocycles. The Morgan fingerprint density at radius 1 is 0.929 bits per heavy atom. The van der Waals surface area contributed by atoms with Gasteiger partial charge in [0.15, 0.2) is 5.78 Å². The summed E-state index contributed by atoms with van der Waals surface area (Å²) in [5, 5.41) is 2.84. The third-order valence-corrected chi connectivity index (χ3v) is 5.71. The van der Waals surface area contributed by atoms with Crippen molar-refractivity contribution in [3.05, 3.63) is 53.2 Å². The molecule has 1 saturated heterocycles. The number of aromatic nitrogens is 1. The summed E-state index contributed by atoms with van der Waals surface area (Å²) in [7, 11) is 0. The van der Waals surface area contributed by atoms with Gasteiger partial charge in [0.25, 0.3) is 0 Å². The van der Waals surface area contributed by atoms with E-state index in [0.717, 1.165) is 37.3 Å². The van der Waals surface area contributed by atoms with Crippen LogP contribution in [0.4, 0.5) is 11.5 Å². The lowest BCUT2D eigenvalue weighted by Gasteiger charge is -2.16. The van der Waals surface area contributed by atoms with Crippen LogP contribution in [0.3, 0.4) is 0 Å². The molecule has 0 radical (unpaired) electrons. The molecular formula is C23H27N3O2. The molecule has 0 spiro atoms. The topological polar surface area (TPSA) is 62.3 Å². The molecule has 1 aliphatic heterocycles. The number of carbonyl (C=O) groups is 2. The number of aryl methyl sites for hydroxylation is 2. The molecule has 1 fully saturated rings. The number of carbonyl (C=O) groups excluding carboxylic acids is 2. The van der Waals surface area contributed by atoms with Crippen LogP contribution < -0.4 is 10.2 Å². The number of pyridine rings is 1. The SMILES string of the molecule is O=C(CCC(=O)c1ccc2c(c1)CCCC2)Nc1ccc(N2CCCC2)nc1. The summed E-state index contributed by atoms with van der Waals surface area (Å²) in [6.45, 7) is 2.09. The van der Waals surface area contributed by atoms with E-state index in [9.17, 15) is 9.59 Å². The molecule has 2 heterocycles. The molecule has 1 aliphatic carbocycles. The molecule has 2 aromatic rings. The highest BCUT2D eigenvalue weighted by Crippen LogP contribution is 2.23. The summed E-state index contributed by atoms with van der Waals surface area (Å²) in [6, 6.07) is 9.83. The summed E-state index contributed by atoms with van der Waals surface area (Å²) in [5.74, 6) is 0.839. The van der Waals surface area contributed by atoms with E-state index < -0.39 is 0 Å². The molecule has 1 aromatic carbocycles. The predicted octanol–water partition coefficient (Wildman–Crippen LogP) is 4.16. The van der Waals surface area contributed by atoms with Crippen LogP contribution in [0.1, 0.15) is 60.0 Å². The van der Waals surface area contributed by atoms with Crippen LogP contribution >= 0.6 is 0 Å². The lowest BCUT2D eigenvalue weighted by atomic mass is 9.89. The smallest absolute Gasteiger partial charge is 0.224 e. The first-order valence-electron chi connectivity index (χ1n) is 10.3. The molecule has 1 N–H and O–H groups in total. The number of rotatable bonds is 6. The maximum atomic E-state index is 12.5. The zero-order valence-corrected chi connectivity index (χ0v) is 16.2. The van der Waals surface area contributed by atoms with Crippen LogP contribution in [-0.4, -0.2) is 29.8 Å². The van der Waals surface area contributed by atoms with E-state index in [0.29, 0.717) is 5.69 Å². The maximum absolute atomic E-state index is 12.5. The van der Waals surface area contributed by atoms with Crippen LogP contribution in [0.15, 0.2) is 36.5 Å². The number of anilines is 2. The van der Waals surface area contributed by atoms with Crippen molar-refractivity contribution in [2.45, 2.75) is 51.4 Å². The first kappa shape index (κ1) is 18.7. The highest BCUT2D eigenvalue weighted by Gasteiger charge is 2.15. The fourth-order valence-corrected chi connectivity index (χ4v) is 4.10. The Labute approximate surface area is 166 Å². The lowest BCUT2D eigenvalue weighted by molar-refractivity contribution is -0.116. The Morgan fingerprint density at radius 3 is 2.46 bits per heavy atom. The minimum atomic E-state index is -0.151. The highest BCUT2D eigenvalue weighted by molar-refractivity contribution is 6.00. The van der Waals surface area contributed by atoms with Crippen molar-refractivity contribution >= 4 is 23.2 Å². The summed E-state index contributed by atoms with van der Waals surface area (Å²) < 4.78 is 0. The Kier molecular flexibility index (Phi) is 5.70. The first-order chi connectivity index (χ1) is 13.7. The van der Waals surface area contributed by atoms with Gasteiger partial charge < -0.3 is 10.2 Å². The number of benzene rings is 1. The van der Waals surface area contributed by atoms with Gasteiger partial charge in [-0.05, 0) is 67.9 Å². The van der Waals surface area contributed by atoms with Crippen molar-refractivity contribution in [2.24, 2.45) is 0 Å². The summed E-state index contributed by atoms with van der Waals surface area (Å²) >= 11 is 0. The van der Waals surface area contributed by atoms with Crippen LogP contribution in [0, 0.1) is 0 Å². The Balaban J connectivity index is 1.28. The van der Waals surface area contributed by atoms with Gasteiger partial charge in [0.2, 0.25) is 5.91 Å². The zero-order valence-electron chi connectivity index (χ0n) is 16.2. The quantitative estimate of drug-likeness (QED) is 0.768. The fourth-order valence-electron chi connectivity index (χ4n) is 4.10. The second-order valence-electron chi connectivity index (χ2n) is 7.76. The monoisotopic (exact) mass is 377 g/mol. The molecular weight excluding hydrogens is 350 g/mol. The predicted molar refractivity (Wildman–Crippen MR) is 111 cm³/mol. The van der Waals surface area contributed by atoms with Gasteiger partial charge >= 0.3 is 0 Å². The van der Waals surface area contributed by atoms with Crippen LogP contribution in [0.2, 0.25) is 0 Å². The number of nitrogens with zero attached hydrogens (tertiary/aromatic N) is 2. The minimum absolute atomic E-state index is 0.0334. The average molecular weight is 377 g/mol. The van der Waals surface area contributed by atoms with Gasteiger partial charge in [0.05, 0.1) is 11.9 Å². The van der Waals surface area contributed by atoms with Gasteiger partial charge in [-0.3, -0.25) is 9.59 Å². The third kappa shape index (κ3) is 4.41. The van der Waals surface area contributed by atoms with E-state index in [1.54, 1.807) is 6.20 Å². The second kappa shape index (κ2) is 8.55. The normalized spacial score (nSPS) is 15.9. The molecule has 2 aliphatic rings. The van der Waals surface area contributed by atoms with Crippen molar-refractivity contribution in [2.75, 3.05) is 23.3 Å². The van der Waals surface area contributed by atoms with Crippen LogP contribution in [0.5, 0.6) is 0 Å². The largest absolute Gasteiger partial charge is 0.357 e.